The zero-order valence-electron chi connectivity index (χ0n) is 9.79. The molecule has 0 saturated heterocycles. The molecule has 1 aliphatic rings. The van der Waals surface area contributed by atoms with Crippen molar-refractivity contribution in [3.05, 3.63) is 35.4 Å². The predicted octanol–water partition coefficient (Wildman–Crippen LogP) is 3.44. The summed E-state index contributed by atoms with van der Waals surface area (Å²) < 4.78 is 0. The van der Waals surface area contributed by atoms with Gasteiger partial charge in [-0.3, -0.25) is 0 Å². The summed E-state index contributed by atoms with van der Waals surface area (Å²) in [4.78, 5) is 0. The van der Waals surface area contributed by atoms with E-state index in [1.807, 2.05) is 0 Å². The molecule has 1 unspecified atom stereocenters. The van der Waals surface area contributed by atoms with Crippen LogP contribution < -0.4 is 5.73 Å². The van der Waals surface area contributed by atoms with Crippen molar-refractivity contribution >= 4 is 0 Å². The highest BCUT2D eigenvalue weighted by atomic mass is 14.7. The molecule has 2 N–H and O–H groups in total. The van der Waals surface area contributed by atoms with Crippen molar-refractivity contribution in [3.8, 4) is 0 Å². The van der Waals surface area contributed by atoms with Crippen LogP contribution in [0.2, 0.25) is 0 Å². The molecule has 15 heavy (non-hydrogen) atoms. The summed E-state index contributed by atoms with van der Waals surface area (Å²) >= 11 is 0. The lowest BCUT2D eigenvalue weighted by Crippen LogP contribution is -2.20. The van der Waals surface area contributed by atoms with E-state index in [0.717, 1.165) is 6.42 Å². The number of benzene rings is 1. The smallest absolute Gasteiger partial charge is 0.0349 e. The molecule has 1 saturated carbocycles. The first kappa shape index (κ1) is 10.7. The zero-order valence-corrected chi connectivity index (χ0v) is 9.79. The molecule has 1 aromatic carbocycles. The van der Waals surface area contributed by atoms with E-state index in [9.17, 15) is 0 Å². The first-order valence-corrected chi connectivity index (χ1v) is 6.00. The normalized spacial score (nSPS) is 19.9. The molecule has 1 aliphatic carbocycles. The van der Waals surface area contributed by atoms with Crippen LogP contribution in [0.5, 0.6) is 0 Å². The summed E-state index contributed by atoms with van der Waals surface area (Å²) in [6.45, 7) is 4.51. The van der Waals surface area contributed by atoms with E-state index in [-0.39, 0.29) is 6.04 Å². The van der Waals surface area contributed by atoms with Crippen LogP contribution in [0.25, 0.3) is 0 Å². The first-order chi connectivity index (χ1) is 7.15. The van der Waals surface area contributed by atoms with Gasteiger partial charge < -0.3 is 5.73 Å². The van der Waals surface area contributed by atoms with Crippen molar-refractivity contribution in [3.63, 3.8) is 0 Å². The summed E-state index contributed by atoms with van der Waals surface area (Å²) in [5.41, 5.74) is 9.43. The van der Waals surface area contributed by atoms with Crippen molar-refractivity contribution in [1.29, 1.82) is 0 Å². The van der Waals surface area contributed by atoms with Gasteiger partial charge in [0.1, 0.15) is 0 Å². The largest absolute Gasteiger partial charge is 0.323 e. The van der Waals surface area contributed by atoms with Gasteiger partial charge in [0.2, 0.25) is 0 Å². The van der Waals surface area contributed by atoms with E-state index in [1.165, 1.54) is 30.4 Å². The molecule has 1 fully saturated rings. The van der Waals surface area contributed by atoms with Crippen LogP contribution in [-0.4, -0.2) is 0 Å². The lowest BCUT2D eigenvalue weighted by molar-refractivity contribution is 0.450. The zero-order chi connectivity index (χ0) is 10.9. The maximum atomic E-state index is 6.30. The van der Waals surface area contributed by atoms with E-state index < -0.39 is 0 Å². The van der Waals surface area contributed by atoms with Crippen LogP contribution in [0.3, 0.4) is 0 Å². The van der Waals surface area contributed by atoms with E-state index in [2.05, 4.69) is 38.1 Å². The molecule has 0 amide bonds. The molecule has 1 heteroatoms. The van der Waals surface area contributed by atoms with Crippen molar-refractivity contribution < 1.29 is 0 Å². The molecule has 2 rings (SSSR count). The highest BCUT2D eigenvalue weighted by Crippen LogP contribution is 2.53. The molecular formula is C14H21N. The van der Waals surface area contributed by atoms with Gasteiger partial charge in [0.05, 0.1) is 0 Å². The number of hydrogen-bond donors (Lipinski definition) is 1. The van der Waals surface area contributed by atoms with Crippen LogP contribution in [0.15, 0.2) is 24.3 Å². The van der Waals surface area contributed by atoms with Gasteiger partial charge >= 0.3 is 0 Å². The Morgan fingerprint density at radius 2 is 2.13 bits per heavy atom. The maximum absolute atomic E-state index is 6.30. The Morgan fingerprint density at radius 1 is 1.40 bits per heavy atom. The van der Waals surface area contributed by atoms with Gasteiger partial charge in [0.15, 0.2) is 0 Å². The third-order valence-corrected chi connectivity index (χ3v) is 3.64. The lowest BCUT2D eigenvalue weighted by Gasteiger charge is -2.19. The lowest BCUT2D eigenvalue weighted by atomic mass is 9.91. The average Bonchev–Trinajstić information content (AvgIpc) is 2.98. The number of aryl methyl sites for hydroxylation is 1. The van der Waals surface area contributed by atoms with Crippen molar-refractivity contribution in [2.75, 3.05) is 0 Å². The van der Waals surface area contributed by atoms with Crippen LogP contribution in [0, 0.1) is 5.41 Å². The van der Waals surface area contributed by atoms with E-state index in [0.29, 0.717) is 5.41 Å². The molecule has 0 aliphatic heterocycles. The monoisotopic (exact) mass is 203 g/mol. The second-order valence-corrected chi connectivity index (χ2v) is 5.13. The second-order valence-electron chi connectivity index (χ2n) is 5.13. The molecule has 1 nitrogen and oxygen atoms in total. The van der Waals surface area contributed by atoms with Crippen molar-refractivity contribution in [1.82, 2.24) is 0 Å². The maximum Gasteiger partial charge on any atom is 0.0349 e. The van der Waals surface area contributed by atoms with Gasteiger partial charge in [-0.05, 0) is 35.8 Å². The fourth-order valence-electron chi connectivity index (χ4n) is 2.14. The summed E-state index contributed by atoms with van der Waals surface area (Å²) in [5.74, 6) is 0. The van der Waals surface area contributed by atoms with E-state index >= 15 is 0 Å². The summed E-state index contributed by atoms with van der Waals surface area (Å²) in [5, 5.41) is 0. The molecule has 82 valence electrons. The molecule has 0 radical (unpaired) electrons. The summed E-state index contributed by atoms with van der Waals surface area (Å²) in [6, 6.07) is 9.04. The van der Waals surface area contributed by atoms with Gasteiger partial charge in [-0.1, -0.05) is 44.5 Å². The summed E-state index contributed by atoms with van der Waals surface area (Å²) in [7, 11) is 0. The molecule has 0 heterocycles. The Bertz CT molecular complexity index is 339. The third-order valence-electron chi connectivity index (χ3n) is 3.64. The highest BCUT2D eigenvalue weighted by Gasteiger charge is 2.43. The third kappa shape index (κ3) is 2.23. The predicted molar refractivity (Wildman–Crippen MR) is 64.7 cm³/mol. The molecule has 1 atom stereocenters. The molecule has 0 spiro atoms. The van der Waals surface area contributed by atoms with Crippen LogP contribution in [0.4, 0.5) is 0 Å². The van der Waals surface area contributed by atoms with Crippen molar-refractivity contribution in [2.45, 2.75) is 45.6 Å². The fraction of sp³-hybridized carbons (Fsp3) is 0.571. The summed E-state index contributed by atoms with van der Waals surface area (Å²) in [6.07, 6.45) is 4.94. The van der Waals surface area contributed by atoms with Crippen LogP contribution >= 0.6 is 0 Å². The van der Waals surface area contributed by atoms with Gasteiger partial charge in [0, 0.05) is 6.04 Å². The van der Waals surface area contributed by atoms with Crippen LogP contribution in [-0.2, 0) is 6.42 Å². The standard InChI is InChI=1S/C14H21N/c1-3-5-11-6-4-7-12(10-11)13(15)14(2)8-9-14/h4,6-7,10,13H,3,5,8-9,15H2,1-2H3. The Morgan fingerprint density at radius 3 is 2.73 bits per heavy atom. The molecule has 0 aromatic heterocycles. The Hall–Kier alpha value is -0.820. The topological polar surface area (TPSA) is 26.0 Å². The highest BCUT2D eigenvalue weighted by molar-refractivity contribution is 5.28. The van der Waals surface area contributed by atoms with Crippen LogP contribution in [0.1, 0.15) is 50.3 Å². The second kappa shape index (κ2) is 3.97. The van der Waals surface area contributed by atoms with Crippen molar-refractivity contribution in [2.24, 2.45) is 11.1 Å². The Kier molecular flexibility index (Phi) is 2.83. The first-order valence-electron chi connectivity index (χ1n) is 6.00. The minimum absolute atomic E-state index is 0.231. The number of hydrogen-bond acceptors (Lipinski definition) is 1. The quantitative estimate of drug-likeness (QED) is 0.797. The number of nitrogens with two attached hydrogens (primary N) is 1. The average molecular weight is 203 g/mol. The van der Waals surface area contributed by atoms with Gasteiger partial charge in [0.25, 0.3) is 0 Å². The van der Waals surface area contributed by atoms with Gasteiger partial charge in [-0.25, -0.2) is 0 Å². The Balaban J connectivity index is 2.17. The molecule has 0 bridgehead atoms. The molecule has 1 aromatic rings. The fourth-order valence-corrected chi connectivity index (χ4v) is 2.14. The minimum atomic E-state index is 0.231. The van der Waals surface area contributed by atoms with Gasteiger partial charge in [-0.2, -0.15) is 0 Å². The van der Waals surface area contributed by atoms with E-state index in [1.54, 1.807) is 0 Å². The van der Waals surface area contributed by atoms with E-state index in [4.69, 9.17) is 5.73 Å². The Labute approximate surface area is 92.7 Å². The SMILES string of the molecule is CCCc1cccc(C(N)C2(C)CC2)c1. The minimum Gasteiger partial charge on any atom is -0.323 e. The molecular weight excluding hydrogens is 182 g/mol. The van der Waals surface area contributed by atoms with Gasteiger partial charge in [-0.15, -0.1) is 0 Å². The number of rotatable bonds is 4.